The van der Waals surface area contributed by atoms with E-state index in [4.69, 9.17) is 0 Å². The van der Waals surface area contributed by atoms with Crippen LogP contribution in [0.4, 0.5) is 5.69 Å². The Balaban J connectivity index is 2.09. The number of likely N-dealkylation sites (N-methyl/N-ethyl adjacent to an activating group) is 1. The van der Waals surface area contributed by atoms with E-state index in [9.17, 15) is 9.59 Å². The van der Waals surface area contributed by atoms with Crippen LogP contribution in [-0.2, 0) is 17.9 Å². The van der Waals surface area contributed by atoms with E-state index in [-0.39, 0.29) is 11.8 Å². The van der Waals surface area contributed by atoms with Crippen molar-refractivity contribution < 1.29 is 9.59 Å². The van der Waals surface area contributed by atoms with Gasteiger partial charge in [0.2, 0.25) is 5.91 Å². The lowest BCUT2D eigenvalue weighted by Crippen LogP contribution is -2.27. The fourth-order valence-electron chi connectivity index (χ4n) is 2.53. The standard InChI is InChI=1S/C19H23N3O2/c1-5-18(23)21(4)16-11-9-15(10-12-16)19(24)20(3)14-17-8-7-13-22(17)6-2/h5,7-13H,1,6,14H2,2-4H3. The summed E-state index contributed by atoms with van der Waals surface area (Å²) in [5.41, 5.74) is 2.41. The molecule has 0 saturated heterocycles. The molecule has 0 aliphatic rings. The minimum atomic E-state index is -0.188. The smallest absolute Gasteiger partial charge is 0.253 e. The van der Waals surface area contributed by atoms with Crippen molar-refractivity contribution in [3.63, 3.8) is 0 Å². The first-order valence-corrected chi connectivity index (χ1v) is 7.87. The summed E-state index contributed by atoms with van der Waals surface area (Å²) < 4.78 is 2.11. The highest BCUT2D eigenvalue weighted by atomic mass is 16.2. The summed E-state index contributed by atoms with van der Waals surface area (Å²) in [5, 5.41) is 0. The Kier molecular flexibility index (Phi) is 5.58. The Morgan fingerprint density at radius 3 is 2.42 bits per heavy atom. The van der Waals surface area contributed by atoms with Gasteiger partial charge in [0.15, 0.2) is 0 Å². The number of hydrogen-bond acceptors (Lipinski definition) is 2. The topological polar surface area (TPSA) is 45.6 Å². The molecule has 0 unspecified atom stereocenters. The van der Waals surface area contributed by atoms with E-state index in [2.05, 4.69) is 18.1 Å². The Hall–Kier alpha value is -2.82. The van der Waals surface area contributed by atoms with Gasteiger partial charge in [0, 0.05) is 43.8 Å². The summed E-state index contributed by atoms with van der Waals surface area (Å²) in [7, 11) is 3.46. The van der Waals surface area contributed by atoms with Gasteiger partial charge in [0.05, 0.1) is 6.54 Å². The van der Waals surface area contributed by atoms with Crippen LogP contribution in [0.3, 0.4) is 0 Å². The van der Waals surface area contributed by atoms with Gasteiger partial charge in [-0.3, -0.25) is 9.59 Å². The monoisotopic (exact) mass is 325 g/mol. The zero-order valence-electron chi connectivity index (χ0n) is 14.4. The number of hydrogen-bond donors (Lipinski definition) is 0. The largest absolute Gasteiger partial charge is 0.350 e. The Labute approximate surface area is 142 Å². The van der Waals surface area contributed by atoms with Gasteiger partial charge in [-0.25, -0.2) is 0 Å². The zero-order valence-corrected chi connectivity index (χ0v) is 14.4. The highest BCUT2D eigenvalue weighted by molar-refractivity contribution is 6.01. The van der Waals surface area contributed by atoms with Crippen LogP contribution in [0.15, 0.2) is 55.3 Å². The molecule has 0 radical (unpaired) electrons. The van der Waals surface area contributed by atoms with Crippen LogP contribution in [0.2, 0.25) is 0 Å². The second-order valence-electron chi connectivity index (χ2n) is 5.60. The molecule has 1 aromatic heterocycles. The van der Waals surface area contributed by atoms with E-state index in [0.29, 0.717) is 12.1 Å². The molecule has 0 spiro atoms. The normalized spacial score (nSPS) is 10.3. The summed E-state index contributed by atoms with van der Waals surface area (Å²) in [6, 6.07) is 11.0. The van der Waals surface area contributed by atoms with Gasteiger partial charge < -0.3 is 14.4 Å². The van der Waals surface area contributed by atoms with E-state index in [0.717, 1.165) is 17.9 Å². The maximum absolute atomic E-state index is 12.6. The van der Waals surface area contributed by atoms with Gasteiger partial charge in [-0.05, 0) is 49.4 Å². The van der Waals surface area contributed by atoms with E-state index < -0.39 is 0 Å². The second kappa shape index (κ2) is 7.64. The van der Waals surface area contributed by atoms with Crippen LogP contribution >= 0.6 is 0 Å². The number of aromatic nitrogens is 1. The molecular weight excluding hydrogens is 302 g/mol. The molecule has 5 heteroatoms. The number of benzene rings is 1. The van der Waals surface area contributed by atoms with Gasteiger partial charge in [-0.2, -0.15) is 0 Å². The third-order valence-electron chi connectivity index (χ3n) is 4.02. The van der Waals surface area contributed by atoms with Crippen molar-refractivity contribution in [3.05, 3.63) is 66.5 Å². The quantitative estimate of drug-likeness (QED) is 0.767. The van der Waals surface area contributed by atoms with Crippen molar-refractivity contribution in [1.29, 1.82) is 0 Å². The van der Waals surface area contributed by atoms with Gasteiger partial charge in [0.25, 0.3) is 5.91 Å². The molecule has 2 amide bonds. The van der Waals surface area contributed by atoms with Gasteiger partial charge >= 0.3 is 0 Å². The number of rotatable bonds is 6. The molecule has 1 heterocycles. The molecule has 1 aromatic carbocycles. The summed E-state index contributed by atoms with van der Waals surface area (Å²) >= 11 is 0. The first kappa shape index (κ1) is 17.5. The summed E-state index contributed by atoms with van der Waals surface area (Å²) in [4.78, 5) is 27.3. The predicted molar refractivity (Wildman–Crippen MR) is 96.0 cm³/mol. The molecule has 0 aliphatic carbocycles. The van der Waals surface area contributed by atoms with Gasteiger partial charge in [-0.15, -0.1) is 0 Å². The van der Waals surface area contributed by atoms with Crippen molar-refractivity contribution in [3.8, 4) is 0 Å². The molecule has 0 aliphatic heterocycles. The van der Waals surface area contributed by atoms with Crippen LogP contribution in [0.1, 0.15) is 23.0 Å². The summed E-state index contributed by atoms with van der Waals surface area (Å²) in [6.07, 6.45) is 3.27. The highest BCUT2D eigenvalue weighted by Crippen LogP contribution is 2.16. The fourth-order valence-corrected chi connectivity index (χ4v) is 2.53. The number of anilines is 1. The molecule has 24 heavy (non-hydrogen) atoms. The molecule has 0 bridgehead atoms. The Bertz CT molecular complexity index is 731. The first-order chi connectivity index (χ1) is 11.5. The van der Waals surface area contributed by atoms with E-state index in [1.54, 1.807) is 43.3 Å². The molecule has 0 N–H and O–H groups in total. The van der Waals surface area contributed by atoms with Crippen molar-refractivity contribution in [2.75, 3.05) is 19.0 Å². The Morgan fingerprint density at radius 1 is 1.17 bits per heavy atom. The number of carbonyl (C=O) groups excluding carboxylic acids is 2. The van der Waals surface area contributed by atoms with Crippen molar-refractivity contribution in [1.82, 2.24) is 9.47 Å². The third-order valence-corrected chi connectivity index (χ3v) is 4.02. The zero-order chi connectivity index (χ0) is 17.7. The number of aryl methyl sites for hydroxylation is 1. The number of amides is 2. The lowest BCUT2D eigenvalue weighted by molar-refractivity contribution is -0.113. The van der Waals surface area contributed by atoms with E-state index in [1.165, 1.54) is 11.0 Å². The van der Waals surface area contributed by atoms with Crippen LogP contribution in [-0.4, -0.2) is 35.4 Å². The van der Waals surface area contributed by atoms with Crippen LogP contribution in [0, 0.1) is 0 Å². The third kappa shape index (κ3) is 3.74. The average Bonchev–Trinajstić information content (AvgIpc) is 3.06. The lowest BCUT2D eigenvalue weighted by atomic mass is 10.1. The molecule has 0 atom stereocenters. The molecule has 0 saturated carbocycles. The molecule has 0 fully saturated rings. The molecule has 126 valence electrons. The average molecular weight is 325 g/mol. The highest BCUT2D eigenvalue weighted by Gasteiger charge is 2.14. The molecule has 2 aromatic rings. The van der Waals surface area contributed by atoms with Crippen LogP contribution in [0.5, 0.6) is 0 Å². The number of nitrogens with zero attached hydrogens (tertiary/aromatic N) is 3. The van der Waals surface area contributed by atoms with Crippen LogP contribution in [0.25, 0.3) is 0 Å². The maximum atomic E-state index is 12.6. The summed E-state index contributed by atoms with van der Waals surface area (Å²) in [6.45, 7) is 6.98. The second-order valence-corrected chi connectivity index (χ2v) is 5.60. The first-order valence-electron chi connectivity index (χ1n) is 7.87. The summed E-state index contributed by atoms with van der Waals surface area (Å²) in [5.74, 6) is -0.241. The van der Waals surface area contributed by atoms with Crippen molar-refractivity contribution in [2.24, 2.45) is 0 Å². The minimum absolute atomic E-state index is 0.0527. The Morgan fingerprint density at radius 2 is 1.83 bits per heavy atom. The molecular formula is C19H23N3O2. The van der Waals surface area contributed by atoms with Gasteiger partial charge in [0.1, 0.15) is 0 Å². The maximum Gasteiger partial charge on any atom is 0.253 e. The SMILES string of the molecule is C=CC(=O)N(C)c1ccc(C(=O)N(C)Cc2cccn2CC)cc1. The lowest BCUT2D eigenvalue weighted by Gasteiger charge is -2.19. The fraction of sp³-hybridized carbons (Fsp3) is 0.263. The molecule has 5 nitrogen and oxygen atoms in total. The molecule has 2 rings (SSSR count). The van der Waals surface area contributed by atoms with Crippen molar-refractivity contribution >= 4 is 17.5 Å². The number of carbonyl (C=O) groups is 2. The van der Waals surface area contributed by atoms with Crippen molar-refractivity contribution in [2.45, 2.75) is 20.0 Å². The minimum Gasteiger partial charge on any atom is -0.350 e. The van der Waals surface area contributed by atoms with Gasteiger partial charge in [-0.1, -0.05) is 6.58 Å². The van der Waals surface area contributed by atoms with E-state index >= 15 is 0 Å². The van der Waals surface area contributed by atoms with Crippen LogP contribution < -0.4 is 4.90 Å². The van der Waals surface area contributed by atoms with E-state index in [1.807, 2.05) is 18.3 Å². The predicted octanol–water partition coefficient (Wildman–Crippen LogP) is 2.93.